The zero-order valence-corrected chi connectivity index (χ0v) is 17.4. The first kappa shape index (κ1) is 19.8. The summed E-state index contributed by atoms with van der Waals surface area (Å²) in [5.41, 5.74) is 2.20. The van der Waals surface area contributed by atoms with Gasteiger partial charge in [0.25, 0.3) is 5.91 Å². The molecule has 1 aliphatic heterocycles. The minimum absolute atomic E-state index is 0.0520. The van der Waals surface area contributed by atoms with E-state index in [9.17, 15) is 4.79 Å². The molecular formula is C23H25N3O4. The van der Waals surface area contributed by atoms with E-state index in [1.165, 1.54) is 0 Å². The topological polar surface area (TPSA) is 65.8 Å². The minimum atomic E-state index is -0.140. The molecule has 0 aliphatic carbocycles. The highest BCUT2D eigenvalue weighted by atomic mass is 16.5. The molecule has 0 spiro atoms. The number of aromatic nitrogens is 2. The number of methoxy groups -OCH3 is 3. The van der Waals surface area contributed by atoms with Gasteiger partial charge in [-0.15, -0.1) is 0 Å². The van der Waals surface area contributed by atoms with Gasteiger partial charge in [0.15, 0.2) is 22.9 Å². The predicted octanol–water partition coefficient (Wildman–Crippen LogP) is 3.88. The fourth-order valence-electron chi connectivity index (χ4n) is 3.92. The summed E-state index contributed by atoms with van der Waals surface area (Å²) in [7, 11) is 4.78. The first-order valence-electron chi connectivity index (χ1n) is 9.88. The number of hydrogen-bond acceptors (Lipinski definition) is 5. The highest BCUT2D eigenvalue weighted by Crippen LogP contribution is 2.38. The number of amides is 1. The van der Waals surface area contributed by atoms with Crippen molar-refractivity contribution in [3.05, 3.63) is 66.0 Å². The molecule has 2 heterocycles. The SMILES string of the molecule is COc1ccc([C@@H]2CCCN2C(=O)c2nn(-c3ccccc3)cc2OC)cc1OC. The second-order valence-electron chi connectivity index (χ2n) is 7.10. The number of nitrogens with zero attached hydrogens (tertiary/aromatic N) is 3. The molecule has 0 saturated carbocycles. The molecule has 3 aromatic rings. The molecule has 30 heavy (non-hydrogen) atoms. The van der Waals surface area contributed by atoms with Gasteiger partial charge in [-0.25, -0.2) is 4.68 Å². The Hall–Kier alpha value is -3.48. The summed E-state index contributed by atoms with van der Waals surface area (Å²) in [5.74, 6) is 1.64. The van der Waals surface area contributed by atoms with E-state index in [2.05, 4.69) is 5.10 Å². The molecule has 0 bridgehead atoms. The average molecular weight is 407 g/mol. The second kappa shape index (κ2) is 8.49. The van der Waals surface area contributed by atoms with Gasteiger partial charge in [0.05, 0.1) is 39.3 Å². The standard InChI is InChI=1S/C23H25N3O4/c1-28-19-12-11-16(14-20(19)29-2)18-10-7-13-25(18)23(27)22-21(30-3)15-26(24-22)17-8-5-4-6-9-17/h4-6,8-9,11-12,14-15,18H,7,10,13H2,1-3H3/t18-/m0/s1. The molecule has 1 amide bonds. The van der Waals surface area contributed by atoms with E-state index in [4.69, 9.17) is 14.2 Å². The third-order valence-electron chi connectivity index (χ3n) is 5.43. The number of benzene rings is 2. The van der Waals surface area contributed by atoms with Gasteiger partial charge in [0.2, 0.25) is 0 Å². The van der Waals surface area contributed by atoms with Crippen LogP contribution in [0.2, 0.25) is 0 Å². The fourth-order valence-corrected chi connectivity index (χ4v) is 3.92. The molecule has 1 saturated heterocycles. The van der Waals surface area contributed by atoms with Crippen LogP contribution in [0.3, 0.4) is 0 Å². The average Bonchev–Trinajstić information content (AvgIpc) is 3.46. The van der Waals surface area contributed by atoms with Crippen LogP contribution in [0.15, 0.2) is 54.7 Å². The Bertz CT molecular complexity index is 1030. The fraction of sp³-hybridized carbons (Fsp3) is 0.304. The molecule has 1 aromatic heterocycles. The van der Waals surface area contributed by atoms with Crippen LogP contribution in [0, 0.1) is 0 Å². The van der Waals surface area contributed by atoms with Crippen LogP contribution in [-0.2, 0) is 0 Å². The molecule has 1 aliphatic rings. The van der Waals surface area contributed by atoms with E-state index < -0.39 is 0 Å². The van der Waals surface area contributed by atoms with Gasteiger partial charge in [-0.1, -0.05) is 24.3 Å². The zero-order chi connectivity index (χ0) is 21.1. The molecule has 0 radical (unpaired) electrons. The Morgan fingerprint density at radius 1 is 0.967 bits per heavy atom. The monoisotopic (exact) mass is 407 g/mol. The van der Waals surface area contributed by atoms with Gasteiger partial charge in [-0.05, 0) is 42.7 Å². The van der Waals surface area contributed by atoms with Crippen LogP contribution in [0.5, 0.6) is 17.2 Å². The first-order valence-corrected chi connectivity index (χ1v) is 9.88. The minimum Gasteiger partial charge on any atom is -0.493 e. The van der Waals surface area contributed by atoms with Gasteiger partial charge in [0, 0.05) is 6.54 Å². The van der Waals surface area contributed by atoms with Gasteiger partial charge in [-0.2, -0.15) is 5.10 Å². The third kappa shape index (κ3) is 3.58. The number of hydrogen-bond donors (Lipinski definition) is 0. The number of likely N-dealkylation sites (tertiary alicyclic amines) is 1. The highest BCUT2D eigenvalue weighted by Gasteiger charge is 2.34. The lowest BCUT2D eigenvalue weighted by Crippen LogP contribution is -2.31. The predicted molar refractivity (Wildman–Crippen MR) is 113 cm³/mol. The Morgan fingerprint density at radius 2 is 1.70 bits per heavy atom. The lowest BCUT2D eigenvalue weighted by atomic mass is 10.0. The van der Waals surface area contributed by atoms with Gasteiger partial charge < -0.3 is 19.1 Å². The molecule has 1 fully saturated rings. The summed E-state index contributed by atoms with van der Waals surface area (Å²) < 4.78 is 17.9. The van der Waals surface area contributed by atoms with Crippen LogP contribution in [0.1, 0.15) is 34.9 Å². The maximum absolute atomic E-state index is 13.4. The Balaban J connectivity index is 1.65. The van der Waals surface area contributed by atoms with Crippen molar-refractivity contribution in [3.8, 4) is 22.9 Å². The molecule has 7 heteroatoms. The van der Waals surface area contributed by atoms with Gasteiger partial charge in [0.1, 0.15) is 0 Å². The summed E-state index contributed by atoms with van der Waals surface area (Å²) in [6.45, 7) is 0.666. The molecule has 7 nitrogen and oxygen atoms in total. The molecule has 4 rings (SSSR count). The van der Waals surface area contributed by atoms with Crippen LogP contribution in [0.25, 0.3) is 5.69 Å². The largest absolute Gasteiger partial charge is 0.493 e. The molecule has 2 aromatic carbocycles. The number of ether oxygens (including phenoxy) is 3. The van der Waals surface area contributed by atoms with E-state index in [0.717, 1.165) is 24.1 Å². The molecule has 156 valence electrons. The number of carbonyl (C=O) groups excluding carboxylic acids is 1. The van der Waals surface area contributed by atoms with Crippen molar-refractivity contribution in [1.29, 1.82) is 0 Å². The molecular weight excluding hydrogens is 382 g/mol. The van der Waals surface area contributed by atoms with Crippen LogP contribution in [0.4, 0.5) is 0 Å². The highest BCUT2D eigenvalue weighted by molar-refractivity contribution is 5.95. The van der Waals surface area contributed by atoms with Crippen molar-refractivity contribution >= 4 is 5.91 Å². The third-order valence-corrected chi connectivity index (χ3v) is 5.43. The van der Waals surface area contributed by atoms with Crippen molar-refractivity contribution in [3.63, 3.8) is 0 Å². The number of para-hydroxylation sites is 1. The van der Waals surface area contributed by atoms with Crippen molar-refractivity contribution in [2.45, 2.75) is 18.9 Å². The Morgan fingerprint density at radius 3 is 2.40 bits per heavy atom. The summed E-state index contributed by atoms with van der Waals surface area (Å²) in [5, 5.41) is 4.54. The number of rotatable bonds is 6. The zero-order valence-electron chi connectivity index (χ0n) is 17.4. The van der Waals surface area contributed by atoms with E-state index >= 15 is 0 Å². The van der Waals surface area contributed by atoms with Crippen LogP contribution >= 0.6 is 0 Å². The number of carbonyl (C=O) groups is 1. The Labute approximate surface area is 175 Å². The maximum atomic E-state index is 13.4. The van der Waals surface area contributed by atoms with Crippen molar-refractivity contribution in [2.24, 2.45) is 0 Å². The van der Waals surface area contributed by atoms with Crippen molar-refractivity contribution in [2.75, 3.05) is 27.9 Å². The van der Waals surface area contributed by atoms with E-state index in [1.54, 1.807) is 32.2 Å². The molecule has 0 unspecified atom stereocenters. The molecule has 0 N–H and O–H groups in total. The quantitative estimate of drug-likeness (QED) is 0.621. The lowest BCUT2D eigenvalue weighted by Gasteiger charge is -2.25. The molecule has 1 atom stereocenters. The lowest BCUT2D eigenvalue weighted by molar-refractivity contribution is 0.0725. The summed E-state index contributed by atoms with van der Waals surface area (Å²) in [4.78, 5) is 15.3. The maximum Gasteiger partial charge on any atom is 0.278 e. The second-order valence-corrected chi connectivity index (χ2v) is 7.10. The summed E-state index contributed by atoms with van der Waals surface area (Å²) in [6.07, 6.45) is 3.54. The Kier molecular flexibility index (Phi) is 5.61. The van der Waals surface area contributed by atoms with Crippen molar-refractivity contribution in [1.82, 2.24) is 14.7 Å². The van der Waals surface area contributed by atoms with Gasteiger partial charge in [-0.3, -0.25) is 4.79 Å². The van der Waals surface area contributed by atoms with E-state index in [1.807, 2.05) is 53.4 Å². The smallest absolute Gasteiger partial charge is 0.278 e. The first-order chi connectivity index (χ1) is 14.7. The van der Waals surface area contributed by atoms with E-state index in [0.29, 0.717) is 29.5 Å². The van der Waals surface area contributed by atoms with E-state index in [-0.39, 0.29) is 11.9 Å². The van der Waals surface area contributed by atoms with Crippen molar-refractivity contribution < 1.29 is 19.0 Å². The van der Waals surface area contributed by atoms with Crippen LogP contribution < -0.4 is 14.2 Å². The summed E-state index contributed by atoms with van der Waals surface area (Å²) in [6, 6.07) is 15.4. The normalized spacial score (nSPS) is 15.8. The summed E-state index contributed by atoms with van der Waals surface area (Å²) >= 11 is 0. The van der Waals surface area contributed by atoms with Gasteiger partial charge >= 0.3 is 0 Å². The van der Waals surface area contributed by atoms with Crippen LogP contribution in [-0.4, -0.2) is 48.5 Å².